The molecule has 2 N–H and O–H groups in total. The average Bonchev–Trinajstić information content (AvgIpc) is 3.75. The number of benzene rings is 1. The smallest absolute Gasteiger partial charge is 0.313 e. The Labute approximate surface area is 289 Å². The SMILES string of the molecule is C=CCCC(=O)NC[C@@H](OC(=O)[C@@H]1[C@H]2C(=O)N([C@@H](CO)C(C)C)[C@H](C(=O)N(CC=C)CCN3CCOCC3)[C@]23CC[C@H]1O3)c1ccccc1. The number of hydrogen-bond acceptors (Lipinski definition) is 9. The zero-order valence-electron chi connectivity index (χ0n) is 28.8. The lowest BCUT2D eigenvalue weighted by Gasteiger charge is -2.40. The lowest BCUT2D eigenvalue weighted by Crippen LogP contribution is -2.60. The van der Waals surface area contributed by atoms with E-state index >= 15 is 0 Å². The third-order valence-corrected chi connectivity index (χ3v) is 10.5. The normalized spacial score (nSPS) is 27.4. The van der Waals surface area contributed by atoms with Crippen LogP contribution in [0.1, 0.15) is 51.2 Å². The molecule has 1 spiro atoms. The highest BCUT2D eigenvalue weighted by molar-refractivity contribution is 5.98. The fourth-order valence-electron chi connectivity index (χ4n) is 7.96. The number of nitrogens with one attached hydrogen (secondary N) is 1. The summed E-state index contributed by atoms with van der Waals surface area (Å²) in [4.78, 5) is 61.5. The number of ether oxygens (including phenoxy) is 3. The number of esters is 1. The molecule has 0 unspecified atom stereocenters. The fourth-order valence-corrected chi connectivity index (χ4v) is 7.96. The van der Waals surface area contributed by atoms with Crippen LogP contribution in [0.15, 0.2) is 55.6 Å². The van der Waals surface area contributed by atoms with Gasteiger partial charge in [-0.1, -0.05) is 56.3 Å². The standard InChI is InChI=1S/C37H52N4O8/c1-5-7-13-30(43)38-23-29(26-11-9-8-10-12-26)48-36(46)31-28-14-15-37(49-28)32(31)34(44)41(27(24-42)25(3)4)33(37)35(45)40(16-6-2)18-17-39-19-21-47-22-20-39/h5-6,8-12,25,27-29,31-33,42H,1-2,7,13-24H2,3-4H3,(H,38,43)/t27-,28+,29+,31-,32-,33+,37-/m0/s1. The molecule has 1 aromatic carbocycles. The molecule has 7 atom stereocenters. The number of aliphatic hydroxyl groups excluding tert-OH is 1. The van der Waals surface area contributed by atoms with Crippen LogP contribution in [0.4, 0.5) is 0 Å². The van der Waals surface area contributed by atoms with E-state index in [-0.39, 0.29) is 49.8 Å². The van der Waals surface area contributed by atoms with Gasteiger partial charge in [-0.05, 0) is 30.7 Å². The van der Waals surface area contributed by atoms with Crippen LogP contribution < -0.4 is 5.32 Å². The Morgan fingerprint density at radius 3 is 2.55 bits per heavy atom. The van der Waals surface area contributed by atoms with E-state index in [2.05, 4.69) is 23.4 Å². The van der Waals surface area contributed by atoms with E-state index in [0.717, 1.165) is 13.1 Å². The van der Waals surface area contributed by atoms with Gasteiger partial charge < -0.3 is 34.4 Å². The first-order valence-corrected chi connectivity index (χ1v) is 17.6. The molecular formula is C37H52N4O8. The molecule has 49 heavy (non-hydrogen) atoms. The van der Waals surface area contributed by atoms with E-state index in [1.54, 1.807) is 17.1 Å². The summed E-state index contributed by atoms with van der Waals surface area (Å²) in [5.74, 6) is -3.52. The van der Waals surface area contributed by atoms with Crippen molar-refractivity contribution in [1.82, 2.24) is 20.0 Å². The van der Waals surface area contributed by atoms with Gasteiger partial charge in [-0.3, -0.25) is 24.1 Å². The van der Waals surface area contributed by atoms with E-state index in [1.807, 2.05) is 44.2 Å². The van der Waals surface area contributed by atoms with Gasteiger partial charge in [0.15, 0.2) is 0 Å². The quantitative estimate of drug-likeness (QED) is 0.187. The van der Waals surface area contributed by atoms with Crippen LogP contribution in [0, 0.1) is 17.8 Å². The maximum atomic E-state index is 14.7. The molecule has 4 aliphatic heterocycles. The molecule has 12 nitrogen and oxygen atoms in total. The van der Waals surface area contributed by atoms with E-state index in [0.29, 0.717) is 51.1 Å². The van der Waals surface area contributed by atoms with Gasteiger partial charge in [-0.25, -0.2) is 0 Å². The molecule has 2 bridgehead atoms. The van der Waals surface area contributed by atoms with Crippen LogP contribution in [-0.4, -0.2) is 126 Å². The van der Waals surface area contributed by atoms with Crippen molar-refractivity contribution < 1.29 is 38.5 Å². The van der Waals surface area contributed by atoms with Crippen LogP contribution >= 0.6 is 0 Å². The lowest BCUT2D eigenvalue weighted by atomic mass is 9.70. The Morgan fingerprint density at radius 2 is 1.90 bits per heavy atom. The van der Waals surface area contributed by atoms with Gasteiger partial charge in [-0.2, -0.15) is 0 Å². The maximum absolute atomic E-state index is 14.7. The van der Waals surface area contributed by atoms with Crippen LogP contribution in [0.25, 0.3) is 0 Å². The fraction of sp³-hybridized carbons (Fsp3) is 0.622. The van der Waals surface area contributed by atoms with Gasteiger partial charge in [0, 0.05) is 39.1 Å². The number of carbonyl (C=O) groups is 4. The second-order valence-electron chi connectivity index (χ2n) is 13.8. The predicted octanol–water partition coefficient (Wildman–Crippen LogP) is 2.09. The topological polar surface area (TPSA) is 138 Å². The summed E-state index contributed by atoms with van der Waals surface area (Å²) >= 11 is 0. The van der Waals surface area contributed by atoms with E-state index in [1.165, 1.54) is 4.90 Å². The monoisotopic (exact) mass is 680 g/mol. The van der Waals surface area contributed by atoms with E-state index < -0.39 is 47.7 Å². The lowest BCUT2D eigenvalue weighted by molar-refractivity contribution is -0.161. The highest BCUT2D eigenvalue weighted by Gasteiger charge is 2.75. The zero-order chi connectivity index (χ0) is 35.1. The van der Waals surface area contributed by atoms with Crippen LogP contribution in [0.3, 0.4) is 0 Å². The molecule has 12 heteroatoms. The minimum Gasteiger partial charge on any atom is -0.455 e. The number of nitrogens with zero attached hydrogens (tertiary/aromatic N) is 3. The number of allylic oxidation sites excluding steroid dienone is 1. The molecular weight excluding hydrogens is 628 g/mol. The second-order valence-corrected chi connectivity index (χ2v) is 13.8. The summed E-state index contributed by atoms with van der Waals surface area (Å²) in [5.41, 5.74) is -0.545. The first-order valence-electron chi connectivity index (χ1n) is 17.6. The Bertz CT molecular complexity index is 1350. The van der Waals surface area contributed by atoms with Crippen LogP contribution in [-0.2, 0) is 33.4 Å². The Morgan fingerprint density at radius 1 is 1.16 bits per heavy atom. The molecule has 3 amide bonds. The molecule has 4 heterocycles. The molecule has 5 rings (SSSR count). The minimum absolute atomic E-state index is 0.0561. The van der Waals surface area contributed by atoms with Crippen molar-refractivity contribution in [3.05, 3.63) is 61.2 Å². The summed E-state index contributed by atoms with van der Waals surface area (Å²) in [6, 6.07) is 7.47. The first-order chi connectivity index (χ1) is 23.7. The summed E-state index contributed by atoms with van der Waals surface area (Å²) in [6.07, 6.45) is 3.62. The largest absolute Gasteiger partial charge is 0.455 e. The molecule has 0 aliphatic carbocycles. The zero-order valence-corrected chi connectivity index (χ0v) is 28.8. The number of rotatable bonds is 17. The van der Waals surface area contributed by atoms with Crippen molar-refractivity contribution >= 4 is 23.7 Å². The van der Waals surface area contributed by atoms with Gasteiger partial charge in [0.2, 0.25) is 17.7 Å². The molecule has 1 aromatic rings. The first kappa shape index (κ1) is 36.7. The van der Waals surface area contributed by atoms with E-state index in [4.69, 9.17) is 14.2 Å². The number of fused-ring (bicyclic) bond motifs is 1. The van der Waals surface area contributed by atoms with Gasteiger partial charge in [-0.15, -0.1) is 13.2 Å². The summed E-state index contributed by atoms with van der Waals surface area (Å²) in [6.45, 7) is 15.2. The number of likely N-dealkylation sites (tertiary alicyclic amines) is 1. The van der Waals surface area contributed by atoms with Crippen LogP contribution in [0.2, 0.25) is 0 Å². The van der Waals surface area contributed by atoms with Crippen molar-refractivity contribution in [2.24, 2.45) is 17.8 Å². The van der Waals surface area contributed by atoms with Crippen molar-refractivity contribution in [2.75, 3.05) is 59.1 Å². The molecule has 0 saturated carbocycles. The Balaban J connectivity index is 1.43. The summed E-state index contributed by atoms with van der Waals surface area (Å²) in [7, 11) is 0. The van der Waals surface area contributed by atoms with Gasteiger partial charge in [0.1, 0.15) is 17.7 Å². The van der Waals surface area contributed by atoms with Gasteiger partial charge in [0.25, 0.3) is 0 Å². The Kier molecular flexibility index (Phi) is 12.3. The maximum Gasteiger partial charge on any atom is 0.313 e. The van der Waals surface area contributed by atoms with Gasteiger partial charge in [0.05, 0.1) is 50.3 Å². The minimum atomic E-state index is -1.25. The number of hydrogen-bond donors (Lipinski definition) is 2. The Hall–Kier alpha value is -3.58. The third-order valence-electron chi connectivity index (χ3n) is 10.5. The van der Waals surface area contributed by atoms with E-state index in [9.17, 15) is 24.3 Å². The third kappa shape index (κ3) is 7.62. The number of amides is 3. The van der Waals surface area contributed by atoms with Crippen LogP contribution in [0.5, 0.6) is 0 Å². The number of carbonyl (C=O) groups excluding carboxylic acids is 4. The predicted molar refractivity (Wildman–Crippen MR) is 182 cm³/mol. The molecule has 0 aromatic heterocycles. The van der Waals surface area contributed by atoms with Crippen molar-refractivity contribution in [1.29, 1.82) is 0 Å². The number of aliphatic hydroxyl groups is 1. The molecule has 268 valence electrons. The summed E-state index contributed by atoms with van der Waals surface area (Å²) in [5, 5.41) is 13.4. The van der Waals surface area contributed by atoms with Crippen molar-refractivity contribution in [2.45, 2.75) is 69.4 Å². The van der Waals surface area contributed by atoms with Gasteiger partial charge >= 0.3 is 5.97 Å². The average molecular weight is 681 g/mol. The second kappa shape index (κ2) is 16.4. The molecule has 4 aliphatic rings. The number of morpholine rings is 1. The molecule has 4 fully saturated rings. The highest BCUT2D eigenvalue weighted by atomic mass is 16.6. The van der Waals surface area contributed by atoms with Crippen molar-refractivity contribution in [3.8, 4) is 0 Å². The molecule has 4 saturated heterocycles. The molecule has 0 radical (unpaired) electrons. The highest BCUT2D eigenvalue weighted by Crippen LogP contribution is 2.59. The summed E-state index contributed by atoms with van der Waals surface area (Å²) < 4.78 is 18.3. The van der Waals surface area contributed by atoms with Crippen molar-refractivity contribution in [3.63, 3.8) is 0 Å².